The highest BCUT2D eigenvalue weighted by Gasteiger charge is 2.18. The Balaban J connectivity index is 2.16. The number of fused-ring (bicyclic) bond motifs is 1. The van der Waals surface area contributed by atoms with E-state index in [0.717, 1.165) is 11.1 Å². The number of rotatable bonds is 3. The molecular weight excluding hydrogens is 298 g/mol. The molecule has 3 aromatic rings. The third-order valence-corrected chi connectivity index (χ3v) is 4.48. The van der Waals surface area contributed by atoms with Crippen molar-refractivity contribution in [3.8, 4) is 0 Å². The summed E-state index contributed by atoms with van der Waals surface area (Å²) in [5, 5.41) is 4.74. The van der Waals surface area contributed by atoms with Gasteiger partial charge in [-0.1, -0.05) is 18.2 Å². The molecule has 0 saturated carbocycles. The highest BCUT2D eigenvalue weighted by molar-refractivity contribution is 8.14. The van der Waals surface area contributed by atoms with Crippen LogP contribution < -0.4 is 0 Å². The van der Waals surface area contributed by atoms with E-state index in [0.29, 0.717) is 11.9 Å². The predicted octanol–water partition coefficient (Wildman–Crippen LogP) is 2.35. The molecule has 0 spiro atoms. The molecule has 7 heteroatoms. The number of nitrogens with zero attached hydrogens (tertiary/aromatic N) is 3. The Morgan fingerprint density at radius 2 is 2.00 bits per heavy atom. The van der Waals surface area contributed by atoms with Gasteiger partial charge in [-0.3, -0.25) is 4.68 Å². The van der Waals surface area contributed by atoms with E-state index in [-0.39, 0.29) is 4.90 Å². The third kappa shape index (κ3) is 2.32. The second-order valence-electron chi connectivity index (χ2n) is 4.60. The average molecular weight is 310 g/mol. The van der Waals surface area contributed by atoms with Gasteiger partial charge in [-0.05, 0) is 6.07 Å². The number of benzene rings is 1. The summed E-state index contributed by atoms with van der Waals surface area (Å²) < 4.78 is 26.9. The van der Waals surface area contributed by atoms with E-state index in [1.165, 1.54) is 0 Å². The molecule has 5 nitrogen and oxygen atoms in total. The quantitative estimate of drug-likeness (QED) is 0.698. The number of hydrogen-bond acceptors (Lipinski definition) is 3. The molecule has 3 rings (SSSR count). The van der Waals surface area contributed by atoms with Crippen molar-refractivity contribution in [1.29, 1.82) is 0 Å². The van der Waals surface area contributed by atoms with E-state index in [2.05, 4.69) is 5.10 Å². The van der Waals surface area contributed by atoms with Gasteiger partial charge in [0.2, 0.25) is 0 Å². The van der Waals surface area contributed by atoms with Crippen LogP contribution in [0.2, 0.25) is 0 Å². The van der Waals surface area contributed by atoms with E-state index < -0.39 is 9.05 Å². The molecule has 0 atom stereocenters. The summed E-state index contributed by atoms with van der Waals surface area (Å²) in [5.41, 5.74) is 1.82. The first-order valence-corrected chi connectivity index (χ1v) is 8.26. The van der Waals surface area contributed by atoms with Crippen molar-refractivity contribution in [2.75, 3.05) is 0 Å². The second kappa shape index (κ2) is 4.64. The Kier molecular flexibility index (Phi) is 3.07. The zero-order valence-electron chi connectivity index (χ0n) is 10.7. The van der Waals surface area contributed by atoms with Crippen LogP contribution in [0, 0.1) is 0 Å². The van der Waals surface area contributed by atoms with Gasteiger partial charge in [0.15, 0.2) is 0 Å². The van der Waals surface area contributed by atoms with Gasteiger partial charge in [-0.15, -0.1) is 0 Å². The number of para-hydroxylation sites is 1. The van der Waals surface area contributed by atoms with Crippen molar-refractivity contribution in [3.05, 3.63) is 48.4 Å². The molecular formula is C13H12ClN3O2S. The van der Waals surface area contributed by atoms with Crippen LogP contribution in [-0.4, -0.2) is 22.8 Å². The summed E-state index contributed by atoms with van der Waals surface area (Å²) in [5.74, 6) is 0. The predicted molar refractivity (Wildman–Crippen MR) is 77.3 cm³/mol. The second-order valence-corrected chi connectivity index (χ2v) is 7.13. The van der Waals surface area contributed by atoms with Crippen LogP contribution in [0.25, 0.3) is 10.9 Å². The summed E-state index contributed by atoms with van der Waals surface area (Å²) in [6, 6.07) is 7.29. The smallest absolute Gasteiger partial charge is 0.263 e. The zero-order valence-corrected chi connectivity index (χ0v) is 12.3. The molecule has 0 radical (unpaired) electrons. The molecule has 2 aromatic heterocycles. The molecule has 0 saturated heterocycles. The van der Waals surface area contributed by atoms with Crippen LogP contribution >= 0.6 is 10.7 Å². The molecule has 0 N–H and O–H groups in total. The molecule has 2 heterocycles. The minimum atomic E-state index is -3.77. The Bertz CT molecular complexity index is 880. The van der Waals surface area contributed by atoms with Crippen LogP contribution in [0.4, 0.5) is 0 Å². The molecule has 0 unspecified atom stereocenters. The van der Waals surface area contributed by atoms with E-state index >= 15 is 0 Å². The number of aryl methyl sites for hydroxylation is 1. The molecule has 1 aromatic carbocycles. The summed E-state index contributed by atoms with van der Waals surface area (Å²) in [6.07, 6.45) is 5.22. The van der Waals surface area contributed by atoms with Gasteiger partial charge < -0.3 is 4.57 Å². The van der Waals surface area contributed by atoms with Crippen LogP contribution in [0.15, 0.2) is 47.8 Å². The van der Waals surface area contributed by atoms with Crippen molar-refractivity contribution in [3.63, 3.8) is 0 Å². The van der Waals surface area contributed by atoms with Gasteiger partial charge in [0.25, 0.3) is 9.05 Å². The number of aromatic nitrogens is 3. The fourth-order valence-electron chi connectivity index (χ4n) is 2.29. The van der Waals surface area contributed by atoms with Crippen molar-refractivity contribution in [1.82, 2.24) is 14.3 Å². The fourth-order valence-corrected chi connectivity index (χ4v) is 3.35. The molecule has 0 fully saturated rings. The molecule has 0 amide bonds. The lowest BCUT2D eigenvalue weighted by Crippen LogP contribution is -1.97. The lowest BCUT2D eigenvalue weighted by Gasteiger charge is -2.02. The highest BCUT2D eigenvalue weighted by atomic mass is 35.7. The van der Waals surface area contributed by atoms with Gasteiger partial charge in [0, 0.05) is 46.6 Å². The average Bonchev–Trinajstić information content (AvgIpc) is 2.94. The first-order chi connectivity index (χ1) is 9.45. The topological polar surface area (TPSA) is 56.9 Å². The SMILES string of the molecule is Cn1cc(Cn2cc(S(=O)(=O)Cl)c3ccccc32)cn1. The molecule has 104 valence electrons. The van der Waals surface area contributed by atoms with Gasteiger partial charge >= 0.3 is 0 Å². The molecule has 0 aliphatic rings. The lowest BCUT2D eigenvalue weighted by molar-refractivity contribution is 0.610. The molecule has 0 bridgehead atoms. The van der Waals surface area contributed by atoms with E-state index in [4.69, 9.17) is 10.7 Å². The van der Waals surface area contributed by atoms with Crippen LogP contribution in [0.5, 0.6) is 0 Å². The summed E-state index contributed by atoms with van der Waals surface area (Å²) >= 11 is 0. The van der Waals surface area contributed by atoms with Gasteiger partial charge in [-0.25, -0.2) is 8.42 Å². The van der Waals surface area contributed by atoms with Gasteiger partial charge in [0.05, 0.1) is 12.7 Å². The van der Waals surface area contributed by atoms with Gasteiger partial charge in [0.1, 0.15) is 4.90 Å². The van der Waals surface area contributed by atoms with Crippen molar-refractivity contribution in [2.45, 2.75) is 11.4 Å². The zero-order chi connectivity index (χ0) is 14.3. The molecule has 20 heavy (non-hydrogen) atoms. The van der Waals surface area contributed by atoms with Crippen molar-refractivity contribution < 1.29 is 8.42 Å². The van der Waals surface area contributed by atoms with Crippen LogP contribution in [0.1, 0.15) is 5.56 Å². The Morgan fingerprint density at radius 1 is 1.25 bits per heavy atom. The number of hydrogen-bond donors (Lipinski definition) is 0. The largest absolute Gasteiger partial charge is 0.342 e. The minimum absolute atomic E-state index is 0.138. The molecule has 0 aliphatic heterocycles. The van der Waals surface area contributed by atoms with E-state index in [1.807, 2.05) is 29.9 Å². The normalized spacial score (nSPS) is 12.1. The van der Waals surface area contributed by atoms with E-state index in [9.17, 15) is 8.42 Å². The maximum Gasteiger partial charge on any atom is 0.263 e. The first kappa shape index (κ1) is 13.2. The Hall–Kier alpha value is -1.79. The Labute approximate surface area is 120 Å². The fraction of sp³-hybridized carbons (Fsp3) is 0.154. The molecule has 0 aliphatic carbocycles. The minimum Gasteiger partial charge on any atom is -0.342 e. The van der Waals surface area contributed by atoms with Crippen molar-refractivity contribution in [2.24, 2.45) is 7.05 Å². The van der Waals surface area contributed by atoms with E-state index in [1.54, 1.807) is 29.2 Å². The summed E-state index contributed by atoms with van der Waals surface area (Å²) in [7, 11) is 3.57. The van der Waals surface area contributed by atoms with Crippen molar-refractivity contribution >= 4 is 30.6 Å². The highest BCUT2D eigenvalue weighted by Crippen LogP contribution is 2.28. The maximum atomic E-state index is 11.7. The van der Waals surface area contributed by atoms with Gasteiger partial charge in [-0.2, -0.15) is 5.10 Å². The monoisotopic (exact) mass is 309 g/mol. The Morgan fingerprint density at radius 3 is 2.65 bits per heavy atom. The standard InChI is InChI=1S/C13H12ClN3O2S/c1-16-7-10(6-15-16)8-17-9-13(20(14,18)19)11-4-2-3-5-12(11)17/h2-7,9H,8H2,1H3. The third-order valence-electron chi connectivity index (χ3n) is 3.13. The maximum absolute atomic E-state index is 11.7. The van der Waals surface area contributed by atoms with Crippen LogP contribution in [0.3, 0.4) is 0 Å². The van der Waals surface area contributed by atoms with Crippen LogP contribution in [-0.2, 0) is 22.6 Å². The summed E-state index contributed by atoms with van der Waals surface area (Å²) in [6.45, 7) is 0.542. The number of halogens is 1. The summed E-state index contributed by atoms with van der Waals surface area (Å²) in [4.78, 5) is 0.138. The lowest BCUT2D eigenvalue weighted by atomic mass is 10.2. The first-order valence-electron chi connectivity index (χ1n) is 5.95.